The quantitative estimate of drug-likeness (QED) is 0.516. The maximum Gasteiger partial charge on any atom is 0.258 e. The average Bonchev–Trinajstić information content (AvgIpc) is 2.78. The molecule has 0 fully saturated rings. The van der Waals surface area contributed by atoms with Crippen LogP contribution in [0.2, 0.25) is 0 Å². The van der Waals surface area contributed by atoms with Crippen molar-refractivity contribution in [3.8, 4) is 28.6 Å². The van der Waals surface area contributed by atoms with Crippen molar-refractivity contribution < 1.29 is 23.4 Å². The molecule has 8 heteroatoms. The van der Waals surface area contributed by atoms with E-state index in [4.69, 9.17) is 14.2 Å². The maximum atomic E-state index is 12.8. The van der Waals surface area contributed by atoms with E-state index < -0.39 is 0 Å². The third kappa shape index (κ3) is 6.44. The Kier molecular flexibility index (Phi) is 7.54. The van der Waals surface area contributed by atoms with Crippen LogP contribution in [0.3, 0.4) is 0 Å². The monoisotopic (exact) mass is 411 g/mol. The molecule has 0 radical (unpaired) electrons. The topological polar surface area (TPSA) is 82.6 Å². The van der Waals surface area contributed by atoms with Crippen molar-refractivity contribution in [2.45, 2.75) is 6.92 Å². The molecule has 1 heterocycles. The number of amides is 1. The minimum Gasteiger partial charge on any atom is -0.494 e. The van der Waals surface area contributed by atoms with Gasteiger partial charge in [-0.05, 0) is 61.5 Å². The summed E-state index contributed by atoms with van der Waals surface area (Å²) >= 11 is 0. The number of aromatic nitrogens is 2. The fourth-order valence-electron chi connectivity index (χ4n) is 2.52. The van der Waals surface area contributed by atoms with E-state index in [9.17, 15) is 9.18 Å². The lowest BCUT2D eigenvalue weighted by atomic mass is 10.1. The SMILES string of the molecule is CCOc1ccc(-c2ccc(OCCNC(=O)COc3ccc(F)cc3)nn2)cc1. The van der Waals surface area contributed by atoms with Gasteiger partial charge in [-0.2, -0.15) is 0 Å². The Morgan fingerprint density at radius 1 is 0.900 bits per heavy atom. The highest BCUT2D eigenvalue weighted by Crippen LogP contribution is 2.21. The largest absolute Gasteiger partial charge is 0.494 e. The first kappa shape index (κ1) is 21.0. The van der Waals surface area contributed by atoms with Gasteiger partial charge in [-0.3, -0.25) is 4.79 Å². The van der Waals surface area contributed by atoms with Crippen LogP contribution >= 0.6 is 0 Å². The molecule has 3 aromatic rings. The Morgan fingerprint density at radius 3 is 2.27 bits per heavy atom. The number of hydrogen-bond donors (Lipinski definition) is 1. The van der Waals surface area contributed by atoms with Crippen LogP contribution in [-0.4, -0.2) is 42.5 Å². The summed E-state index contributed by atoms with van der Waals surface area (Å²) in [5.41, 5.74) is 1.64. The molecule has 0 spiro atoms. The normalized spacial score (nSPS) is 10.3. The Labute approximate surface area is 173 Å². The number of nitrogens with one attached hydrogen (secondary N) is 1. The zero-order chi connectivity index (χ0) is 21.2. The lowest BCUT2D eigenvalue weighted by Crippen LogP contribution is -2.32. The molecule has 0 unspecified atom stereocenters. The lowest BCUT2D eigenvalue weighted by molar-refractivity contribution is -0.123. The van der Waals surface area contributed by atoms with E-state index in [1.54, 1.807) is 6.07 Å². The van der Waals surface area contributed by atoms with Gasteiger partial charge in [-0.1, -0.05) is 0 Å². The van der Waals surface area contributed by atoms with Gasteiger partial charge in [0.2, 0.25) is 5.88 Å². The summed E-state index contributed by atoms with van der Waals surface area (Å²) in [6.45, 7) is 2.91. The van der Waals surface area contributed by atoms with Crippen molar-refractivity contribution in [1.29, 1.82) is 0 Å². The zero-order valence-corrected chi connectivity index (χ0v) is 16.5. The van der Waals surface area contributed by atoms with Crippen molar-refractivity contribution in [3.63, 3.8) is 0 Å². The standard InChI is InChI=1S/C22H22FN3O4/c1-2-28-18-7-3-16(4-8-18)20-11-12-22(26-25-20)29-14-13-24-21(27)15-30-19-9-5-17(23)6-10-19/h3-12H,2,13-15H2,1H3,(H,24,27). The van der Waals surface area contributed by atoms with Crippen LogP contribution in [0.25, 0.3) is 11.3 Å². The molecular weight excluding hydrogens is 389 g/mol. The average molecular weight is 411 g/mol. The van der Waals surface area contributed by atoms with E-state index in [-0.39, 0.29) is 31.5 Å². The van der Waals surface area contributed by atoms with E-state index in [1.807, 2.05) is 37.3 Å². The van der Waals surface area contributed by atoms with Gasteiger partial charge in [0.25, 0.3) is 5.91 Å². The molecule has 0 aliphatic heterocycles. The number of carbonyl (C=O) groups is 1. The molecule has 0 atom stereocenters. The molecule has 0 aliphatic carbocycles. The van der Waals surface area contributed by atoms with Crippen molar-refractivity contribution in [1.82, 2.24) is 15.5 Å². The summed E-state index contributed by atoms with van der Waals surface area (Å²) in [5.74, 6) is 0.922. The number of halogens is 1. The summed E-state index contributed by atoms with van der Waals surface area (Å²) in [4.78, 5) is 11.8. The summed E-state index contributed by atoms with van der Waals surface area (Å²) < 4.78 is 29.0. The van der Waals surface area contributed by atoms with Gasteiger partial charge in [0, 0.05) is 11.6 Å². The number of nitrogens with zero attached hydrogens (tertiary/aromatic N) is 2. The van der Waals surface area contributed by atoms with Crippen LogP contribution in [0, 0.1) is 5.82 Å². The molecule has 3 rings (SSSR count). The van der Waals surface area contributed by atoms with Crippen molar-refractivity contribution in [3.05, 3.63) is 66.5 Å². The van der Waals surface area contributed by atoms with Crippen molar-refractivity contribution in [2.75, 3.05) is 26.4 Å². The Morgan fingerprint density at radius 2 is 1.60 bits per heavy atom. The molecule has 0 bridgehead atoms. The van der Waals surface area contributed by atoms with Gasteiger partial charge in [-0.15, -0.1) is 10.2 Å². The summed E-state index contributed by atoms with van der Waals surface area (Å²) in [6, 6.07) is 16.6. The molecular formula is C22H22FN3O4. The van der Waals surface area contributed by atoms with Crippen LogP contribution in [0.5, 0.6) is 17.4 Å². The molecule has 156 valence electrons. The highest BCUT2D eigenvalue weighted by atomic mass is 19.1. The first-order valence-corrected chi connectivity index (χ1v) is 9.49. The first-order valence-electron chi connectivity index (χ1n) is 9.49. The second-order valence-corrected chi connectivity index (χ2v) is 6.16. The molecule has 30 heavy (non-hydrogen) atoms. The number of ether oxygens (including phenoxy) is 3. The van der Waals surface area contributed by atoms with E-state index in [2.05, 4.69) is 15.5 Å². The predicted molar refractivity (Wildman–Crippen MR) is 109 cm³/mol. The molecule has 0 saturated heterocycles. The van der Waals surface area contributed by atoms with Gasteiger partial charge < -0.3 is 19.5 Å². The smallest absolute Gasteiger partial charge is 0.258 e. The van der Waals surface area contributed by atoms with Crippen LogP contribution in [0.1, 0.15) is 6.92 Å². The van der Waals surface area contributed by atoms with E-state index in [0.717, 1.165) is 17.0 Å². The van der Waals surface area contributed by atoms with Crippen LogP contribution < -0.4 is 19.5 Å². The highest BCUT2D eigenvalue weighted by molar-refractivity contribution is 5.77. The number of carbonyl (C=O) groups excluding carboxylic acids is 1. The van der Waals surface area contributed by atoms with Crippen molar-refractivity contribution in [2.24, 2.45) is 0 Å². The lowest BCUT2D eigenvalue weighted by Gasteiger charge is -2.09. The Balaban J connectivity index is 1.37. The van der Waals surface area contributed by atoms with E-state index in [1.165, 1.54) is 24.3 Å². The Hall–Kier alpha value is -3.68. The molecule has 0 saturated carbocycles. The number of rotatable bonds is 10. The molecule has 7 nitrogen and oxygen atoms in total. The highest BCUT2D eigenvalue weighted by Gasteiger charge is 2.05. The van der Waals surface area contributed by atoms with Gasteiger partial charge >= 0.3 is 0 Å². The molecule has 2 aromatic carbocycles. The number of benzene rings is 2. The summed E-state index contributed by atoms with van der Waals surface area (Å²) in [7, 11) is 0. The van der Waals surface area contributed by atoms with Gasteiger partial charge in [0.05, 0.1) is 18.8 Å². The maximum absolute atomic E-state index is 12.8. The second kappa shape index (κ2) is 10.8. The second-order valence-electron chi connectivity index (χ2n) is 6.16. The Bertz CT molecular complexity index is 932. The van der Waals surface area contributed by atoms with Crippen LogP contribution in [-0.2, 0) is 4.79 Å². The summed E-state index contributed by atoms with van der Waals surface area (Å²) in [5, 5.41) is 10.9. The fraction of sp³-hybridized carbons (Fsp3) is 0.227. The minimum absolute atomic E-state index is 0.164. The minimum atomic E-state index is -0.362. The predicted octanol–water partition coefficient (Wildman–Crippen LogP) is 3.26. The van der Waals surface area contributed by atoms with Gasteiger partial charge in [-0.25, -0.2) is 4.39 Å². The molecule has 1 amide bonds. The third-order valence-electron chi connectivity index (χ3n) is 3.96. The van der Waals surface area contributed by atoms with Gasteiger partial charge in [0.1, 0.15) is 23.9 Å². The molecule has 1 aromatic heterocycles. The van der Waals surface area contributed by atoms with E-state index >= 15 is 0 Å². The van der Waals surface area contributed by atoms with E-state index in [0.29, 0.717) is 18.2 Å². The first-order chi connectivity index (χ1) is 14.6. The molecule has 0 aliphatic rings. The third-order valence-corrected chi connectivity index (χ3v) is 3.96. The van der Waals surface area contributed by atoms with Gasteiger partial charge in [0.15, 0.2) is 6.61 Å². The summed E-state index contributed by atoms with van der Waals surface area (Å²) in [6.07, 6.45) is 0. The van der Waals surface area contributed by atoms with Crippen molar-refractivity contribution >= 4 is 5.91 Å². The fourth-order valence-corrected chi connectivity index (χ4v) is 2.52. The van der Waals surface area contributed by atoms with Crippen LogP contribution in [0.4, 0.5) is 4.39 Å². The van der Waals surface area contributed by atoms with Crippen LogP contribution in [0.15, 0.2) is 60.7 Å². The number of hydrogen-bond acceptors (Lipinski definition) is 6. The zero-order valence-electron chi connectivity index (χ0n) is 16.5. The molecule has 1 N–H and O–H groups in total.